The molecule has 2 aromatic heterocycles. The van der Waals surface area contributed by atoms with Crippen molar-refractivity contribution in [3.8, 4) is 5.88 Å². The molecule has 350 valence electrons. The first kappa shape index (κ1) is 46.3. The number of aromatic amines is 1. The lowest BCUT2D eigenvalue weighted by molar-refractivity contribution is 0.0699. The van der Waals surface area contributed by atoms with Crippen molar-refractivity contribution in [2.24, 2.45) is 11.3 Å². The number of amides is 1. The van der Waals surface area contributed by atoms with E-state index in [1.165, 1.54) is 28.8 Å². The number of fused-ring (bicyclic) bond motifs is 2. The highest BCUT2D eigenvalue weighted by molar-refractivity contribution is 7.90. The van der Waals surface area contributed by atoms with Crippen molar-refractivity contribution in [2.45, 2.75) is 57.3 Å². The number of ether oxygens (including phenoxy) is 2. The summed E-state index contributed by atoms with van der Waals surface area (Å²) in [6.07, 6.45) is 7.56. The standard InChI is InChI=1S/C50H61ClN7O6PS/c1-50(2)18-14-37(42(31-50)35-6-8-38(51)9-7-35)33-56-21-23-57(24-22-56)39-10-12-41(44(29-39)58-20-5-25-64-49-45(58)28-36-15-19-52-47(36)54-49)48(59)55-66(61,62)40-11-13-43(46(30-40)65(3,4)60)53-32-34-16-26-63-27-17-34/h6-13,15,19,28-30,34,53H,5,14,16-18,20-27,31-33H2,1-4H3,(H,52,54)(H,55,59). The lowest BCUT2D eigenvalue weighted by atomic mass is 9.72. The molecule has 0 spiro atoms. The molecule has 1 amide bonds. The molecule has 0 saturated carbocycles. The Morgan fingerprint density at radius 1 is 0.939 bits per heavy atom. The zero-order chi connectivity index (χ0) is 46.2. The third-order valence-corrected chi connectivity index (χ3v) is 16.7. The van der Waals surface area contributed by atoms with Gasteiger partial charge in [0.2, 0.25) is 5.88 Å². The maximum atomic E-state index is 14.5. The van der Waals surface area contributed by atoms with Gasteiger partial charge in [-0.3, -0.25) is 9.69 Å². The number of benzene rings is 3. The highest BCUT2D eigenvalue weighted by atomic mass is 35.5. The van der Waals surface area contributed by atoms with E-state index in [1.54, 1.807) is 25.5 Å². The molecule has 2 saturated heterocycles. The molecule has 13 nitrogen and oxygen atoms in total. The first-order valence-electron chi connectivity index (χ1n) is 23.2. The summed E-state index contributed by atoms with van der Waals surface area (Å²) in [5.74, 6) is 0.0520. The van der Waals surface area contributed by atoms with Crippen LogP contribution in [0.2, 0.25) is 5.02 Å². The second-order valence-electron chi connectivity index (χ2n) is 19.4. The number of pyridine rings is 1. The lowest BCUT2D eigenvalue weighted by Gasteiger charge is -2.39. The van der Waals surface area contributed by atoms with Gasteiger partial charge in [0.15, 0.2) is 0 Å². The summed E-state index contributed by atoms with van der Waals surface area (Å²) in [7, 11) is -7.36. The average Bonchev–Trinajstić information content (AvgIpc) is 3.66. The number of carbonyl (C=O) groups excluding carboxylic acids is 1. The Kier molecular flexibility index (Phi) is 13.3. The van der Waals surface area contributed by atoms with Gasteiger partial charge < -0.3 is 34.1 Å². The van der Waals surface area contributed by atoms with Gasteiger partial charge in [-0.25, -0.2) is 13.1 Å². The topological polar surface area (TPSA) is 149 Å². The van der Waals surface area contributed by atoms with Crippen LogP contribution < -0.4 is 29.9 Å². The minimum Gasteiger partial charge on any atom is -0.476 e. The molecule has 3 N–H and O–H groups in total. The van der Waals surface area contributed by atoms with Gasteiger partial charge in [-0.05, 0) is 135 Å². The summed E-state index contributed by atoms with van der Waals surface area (Å²) in [5, 5.41) is 5.46. The zero-order valence-corrected chi connectivity index (χ0v) is 40.8. The molecule has 5 aromatic rings. The van der Waals surface area contributed by atoms with Crippen LogP contribution in [-0.2, 0) is 19.3 Å². The molecule has 3 aliphatic heterocycles. The predicted octanol–water partition coefficient (Wildman–Crippen LogP) is 9.13. The van der Waals surface area contributed by atoms with Gasteiger partial charge in [-0.2, -0.15) is 4.98 Å². The third-order valence-electron chi connectivity index (χ3n) is 13.6. The van der Waals surface area contributed by atoms with Crippen LogP contribution >= 0.6 is 18.7 Å². The fourth-order valence-electron chi connectivity index (χ4n) is 9.76. The fraction of sp³-hybridized carbons (Fsp3) is 0.440. The minimum atomic E-state index is -4.41. The van der Waals surface area contributed by atoms with Crippen molar-refractivity contribution in [3.63, 3.8) is 0 Å². The minimum absolute atomic E-state index is 0.136. The van der Waals surface area contributed by atoms with Crippen LogP contribution in [0.3, 0.4) is 0 Å². The van der Waals surface area contributed by atoms with Crippen molar-refractivity contribution >= 4 is 79.3 Å². The van der Waals surface area contributed by atoms with E-state index in [-0.39, 0.29) is 15.9 Å². The number of halogens is 1. The Balaban J connectivity index is 0.994. The van der Waals surface area contributed by atoms with Crippen LogP contribution in [0.4, 0.5) is 22.7 Å². The van der Waals surface area contributed by atoms with E-state index in [1.807, 2.05) is 47.5 Å². The van der Waals surface area contributed by atoms with Gasteiger partial charge in [0.25, 0.3) is 15.9 Å². The summed E-state index contributed by atoms with van der Waals surface area (Å²) in [6.45, 7) is 15.1. The third kappa shape index (κ3) is 10.3. The first-order valence-corrected chi connectivity index (χ1v) is 27.6. The van der Waals surface area contributed by atoms with Crippen LogP contribution in [0, 0.1) is 11.3 Å². The maximum Gasteiger partial charge on any atom is 0.267 e. The highest BCUT2D eigenvalue weighted by Gasteiger charge is 2.32. The summed E-state index contributed by atoms with van der Waals surface area (Å²) >= 11 is 6.29. The molecule has 0 radical (unpaired) electrons. The number of rotatable bonds is 12. The van der Waals surface area contributed by atoms with E-state index in [0.29, 0.717) is 79.1 Å². The van der Waals surface area contributed by atoms with Gasteiger partial charge >= 0.3 is 0 Å². The Morgan fingerprint density at radius 3 is 2.47 bits per heavy atom. The summed E-state index contributed by atoms with van der Waals surface area (Å²) < 4.78 is 56.0. The van der Waals surface area contributed by atoms with Crippen molar-refractivity contribution in [1.82, 2.24) is 19.6 Å². The Hall–Kier alpha value is -4.85. The number of allylic oxidation sites excluding steroid dienone is 1. The average molecular weight is 955 g/mol. The molecular formula is C50H61ClN7O6PS. The summed E-state index contributed by atoms with van der Waals surface area (Å²) in [5.41, 5.74) is 8.10. The maximum absolute atomic E-state index is 14.5. The smallest absolute Gasteiger partial charge is 0.267 e. The molecule has 9 rings (SSSR count). The normalized spacial score (nSPS) is 18.7. The van der Waals surface area contributed by atoms with E-state index < -0.39 is 23.1 Å². The molecule has 1 aliphatic carbocycles. The molecule has 0 atom stereocenters. The van der Waals surface area contributed by atoms with Crippen LogP contribution in [0.25, 0.3) is 16.6 Å². The van der Waals surface area contributed by atoms with Crippen LogP contribution in [0.15, 0.2) is 89.5 Å². The van der Waals surface area contributed by atoms with E-state index in [9.17, 15) is 17.8 Å². The largest absolute Gasteiger partial charge is 0.476 e. The monoisotopic (exact) mass is 953 g/mol. The van der Waals surface area contributed by atoms with Gasteiger partial charge in [-0.15, -0.1) is 0 Å². The fourth-order valence-corrected chi connectivity index (χ4v) is 12.1. The highest BCUT2D eigenvalue weighted by Crippen LogP contribution is 2.44. The second kappa shape index (κ2) is 19.0. The van der Waals surface area contributed by atoms with E-state index in [4.69, 9.17) is 26.1 Å². The lowest BCUT2D eigenvalue weighted by Crippen LogP contribution is -2.47. The van der Waals surface area contributed by atoms with Crippen molar-refractivity contribution < 1.29 is 27.3 Å². The van der Waals surface area contributed by atoms with Gasteiger partial charge in [0.1, 0.15) is 18.5 Å². The number of aromatic nitrogens is 2. The zero-order valence-electron chi connectivity index (χ0n) is 38.4. The Morgan fingerprint density at radius 2 is 1.71 bits per heavy atom. The second-order valence-corrected chi connectivity index (χ2v) is 24.7. The number of sulfonamides is 1. The number of H-pyrrole nitrogens is 1. The number of hydrogen-bond donors (Lipinski definition) is 3. The quantitative estimate of drug-likeness (QED) is 0.103. The molecule has 0 bridgehead atoms. The number of anilines is 4. The van der Waals surface area contributed by atoms with Crippen molar-refractivity contribution in [1.29, 1.82) is 0 Å². The number of nitrogens with one attached hydrogen (secondary N) is 3. The number of carbonyl (C=O) groups is 1. The van der Waals surface area contributed by atoms with Crippen LogP contribution in [-0.4, -0.2) is 108 Å². The molecule has 2 fully saturated rings. The van der Waals surface area contributed by atoms with Crippen LogP contribution in [0.5, 0.6) is 5.88 Å². The summed E-state index contributed by atoms with van der Waals surface area (Å²) in [4.78, 5) is 29.3. The van der Waals surface area contributed by atoms with Gasteiger partial charge in [0.05, 0.1) is 22.8 Å². The number of nitrogens with zero attached hydrogens (tertiary/aromatic N) is 4. The Labute approximate surface area is 393 Å². The predicted molar refractivity (Wildman–Crippen MR) is 267 cm³/mol. The van der Waals surface area contributed by atoms with Crippen molar-refractivity contribution in [3.05, 3.63) is 101 Å². The van der Waals surface area contributed by atoms with E-state index >= 15 is 0 Å². The number of hydrogen-bond acceptors (Lipinski definition) is 11. The molecule has 3 aromatic carbocycles. The Bertz CT molecular complexity index is 2790. The molecular weight excluding hydrogens is 893 g/mol. The summed E-state index contributed by atoms with van der Waals surface area (Å²) in [6, 6.07) is 22.4. The SMILES string of the molecule is CC1(C)CCC(CN2CCN(c3ccc(C(=O)NS(=O)(=O)c4ccc(NCC5CCOCC5)c(P(C)(C)=O)c4)c(N4CCCOc5nc6[nH]ccc6cc54)c3)CC2)=C(c2ccc(Cl)cc2)C1. The molecule has 16 heteroatoms. The molecule has 5 heterocycles. The van der Waals surface area contributed by atoms with E-state index in [0.717, 1.165) is 80.9 Å². The van der Waals surface area contributed by atoms with Crippen molar-refractivity contribution in [2.75, 3.05) is 94.1 Å². The van der Waals surface area contributed by atoms with Crippen LogP contribution in [0.1, 0.15) is 68.3 Å². The van der Waals surface area contributed by atoms with Gasteiger partial charge in [0, 0.05) is 92.3 Å². The molecule has 0 unspecified atom stereocenters. The van der Waals surface area contributed by atoms with E-state index in [2.05, 4.69) is 50.8 Å². The molecule has 66 heavy (non-hydrogen) atoms. The first-order chi connectivity index (χ1) is 31.6. The van der Waals surface area contributed by atoms with Gasteiger partial charge in [-0.1, -0.05) is 43.2 Å². The molecule has 4 aliphatic rings. The number of piperazine rings is 1.